The van der Waals surface area contributed by atoms with Gasteiger partial charge in [-0.15, -0.1) is 0 Å². The molecular formula is C10H15N3. The Labute approximate surface area is 77.7 Å². The molecule has 1 heterocycles. The average Bonchev–Trinajstić information content (AvgIpc) is 2.98. The summed E-state index contributed by atoms with van der Waals surface area (Å²) < 4.78 is 0. The highest BCUT2D eigenvalue weighted by molar-refractivity contribution is 5.38. The summed E-state index contributed by atoms with van der Waals surface area (Å²) in [6, 6.07) is 0. The van der Waals surface area contributed by atoms with Crippen LogP contribution in [0.15, 0.2) is 6.33 Å². The first-order valence-electron chi connectivity index (χ1n) is 4.97. The van der Waals surface area contributed by atoms with Crippen LogP contribution in [-0.2, 0) is 5.41 Å². The van der Waals surface area contributed by atoms with Crippen LogP contribution < -0.4 is 5.73 Å². The SMILES string of the molecule is Cc1[nH]cnc1C1(C2(N)CC2)CC1. The summed E-state index contributed by atoms with van der Waals surface area (Å²) in [7, 11) is 0. The van der Waals surface area contributed by atoms with Crippen molar-refractivity contribution in [2.24, 2.45) is 5.73 Å². The lowest BCUT2D eigenvalue weighted by molar-refractivity contribution is 0.490. The first-order valence-corrected chi connectivity index (χ1v) is 4.97. The van der Waals surface area contributed by atoms with Crippen LogP contribution in [0.3, 0.4) is 0 Å². The lowest BCUT2D eigenvalue weighted by Crippen LogP contribution is -2.37. The van der Waals surface area contributed by atoms with Crippen LogP contribution in [0.2, 0.25) is 0 Å². The second-order valence-corrected chi connectivity index (χ2v) is 4.61. The molecule has 0 amide bonds. The molecule has 3 heteroatoms. The molecule has 3 N–H and O–H groups in total. The molecule has 2 aliphatic carbocycles. The summed E-state index contributed by atoms with van der Waals surface area (Å²) in [4.78, 5) is 7.57. The molecule has 0 aromatic carbocycles. The molecule has 2 aliphatic rings. The molecule has 0 unspecified atom stereocenters. The zero-order valence-electron chi connectivity index (χ0n) is 7.93. The van der Waals surface area contributed by atoms with Gasteiger partial charge in [-0.2, -0.15) is 0 Å². The van der Waals surface area contributed by atoms with E-state index in [0.717, 1.165) is 0 Å². The van der Waals surface area contributed by atoms with Gasteiger partial charge in [0.1, 0.15) is 0 Å². The van der Waals surface area contributed by atoms with E-state index in [9.17, 15) is 0 Å². The number of hydrogen-bond donors (Lipinski definition) is 2. The maximum absolute atomic E-state index is 6.29. The predicted octanol–water partition coefficient (Wildman–Crippen LogP) is 1.24. The van der Waals surface area contributed by atoms with Gasteiger partial charge >= 0.3 is 0 Å². The molecule has 0 saturated heterocycles. The van der Waals surface area contributed by atoms with Gasteiger partial charge in [-0.05, 0) is 32.6 Å². The van der Waals surface area contributed by atoms with Crippen LogP contribution in [0.4, 0.5) is 0 Å². The number of nitrogens with two attached hydrogens (primary N) is 1. The van der Waals surface area contributed by atoms with E-state index >= 15 is 0 Å². The van der Waals surface area contributed by atoms with Gasteiger partial charge in [-0.3, -0.25) is 0 Å². The van der Waals surface area contributed by atoms with Gasteiger partial charge in [0.15, 0.2) is 0 Å². The van der Waals surface area contributed by atoms with Crippen molar-refractivity contribution in [3.8, 4) is 0 Å². The number of H-pyrrole nitrogens is 1. The lowest BCUT2D eigenvalue weighted by Gasteiger charge is -2.21. The van der Waals surface area contributed by atoms with Crippen molar-refractivity contribution in [1.82, 2.24) is 9.97 Å². The first kappa shape index (κ1) is 7.56. The highest BCUT2D eigenvalue weighted by Gasteiger charge is 2.65. The Balaban J connectivity index is 2.05. The number of nitrogens with one attached hydrogen (secondary N) is 1. The van der Waals surface area contributed by atoms with Gasteiger partial charge < -0.3 is 10.7 Å². The van der Waals surface area contributed by atoms with E-state index < -0.39 is 0 Å². The Hall–Kier alpha value is -0.830. The fraction of sp³-hybridized carbons (Fsp3) is 0.700. The smallest absolute Gasteiger partial charge is 0.0925 e. The van der Waals surface area contributed by atoms with Crippen LogP contribution in [0.1, 0.15) is 37.1 Å². The molecule has 2 fully saturated rings. The maximum Gasteiger partial charge on any atom is 0.0925 e. The lowest BCUT2D eigenvalue weighted by atomic mass is 9.89. The van der Waals surface area contributed by atoms with E-state index in [1.54, 1.807) is 6.33 Å². The van der Waals surface area contributed by atoms with E-state index in [0.29, 0.717) is 0 Å². The van der Waals surface area contributed by atoms with Crippen LogP contribution in [-0.4, -0.2) is 15.5 Å². The topological polar surface area (TPSA) is 54.7 Å². The van der Waals surface area contributed by atoms with E-state index in [2.05, 4.69) is 16.9 Å². The zero-order chi connectivity index (χ0) is 9.10. The van der Waals surface area contributed by atoms with E-state index in [-0.39, 0.29) is 11.0 Å². The summed E-state index contributed by atoms with van der Waals surface area (Å²) in [6.07, 6.45) is 6.61. The average molecular weight is 177 g/mol. The van der Waals surface area contributed by atoms with Gasteiger partial charge in [-0.1, -0.05) is 0 Å². The summed E-state index contributed by atoms with van der Waals surface area (Å²) in [5, 5.41) is 0. The largest absolute Gasteiger partial charge is 0.348 e. The third-order valence-electron chi connectivity index (χ3n) is 3.77. The van der Waals surface area contributed by atoms with Crippen molar-refractivity contribution < 1.29 is 0 Å². The van der Waals surface area contributed by atoms with Crippen molar-refractivity contribution >= 4 is 0 Å². The fourth-order valence-electron chi connectivity index (χ4n) is 2.55. The van der Waals surface area contributed by atoms with Gasteiger partial charge in [0, 0.05) is 16.6 Å². The molecule has 3 nitrogen and oxygen atoms in total. The number of aromatic amines is 1. The molecule has 0 aliphatic heterocycles. The van der Waals surface area contributed by atoms with E-state index in [1.165, 1.54) is 37.1 Å². The van der Waals surface area contributed by atoms with Crippen molar-refractivity contribution in [3.63, 3.8) is 0 Å². The second-order valence-electron chi connectivity index (χ2n) is 4.61. The molecule has 3 rings (SSSR count). The van der Waals surface area contributed by atoms with E-state index in [1.807, 2.05) is 0 Å². The van der Waals surface area contributed by atoms with Crippen LogP contribution in [0.5, 0.6) is 0 Å². The summed E-state index contributed by atoms with van der Waals surface area (Å²) in [5.74, 6) is 0. The Morgan fingerprint density at radius 3 is 2.46 bits per heavy atom. The Morgan fingerprint density at radius 2 is 2.08 bits per heavy atom. The van der Waals surface area contributed by atoms with E-state index in [4.69, 9.17) is 5.73 Å². The summed E-state index contributed by atoms with van der Waals surface area (Å²) in [6.45, 7) is 2.09. The molecule has 0 bridgehead atoms. The molecule has 70 valence electrons. The number of nitrogens with zero attached hydrogens (tertiary/aromatic N) is 1. The molecule has 0 atom stereocenters. The molecule has 13 heavy (non-hydrogen) atoms. The number of imidazole rings is 1. The Kier molecular flexibility index (Phi) is 1.15. The summed E-state index contributed by atoms with van der Waals surface area (Å²) >= 11 is 0. The van der Waals surface area contributed by atoms with Crippen molar-refractivity contribution in [3.05, 3.63) is 17.7 Å². The number of rotatable bonds is 2. The van der Waals surface area contributed by atoms with Crippen LogP contribution in [0, 0.1) is 6.92 Å². The quantitative estimate of drug-likeness (QED) is 0.714. The third-order valence-corrected chi connectivity index (χ3v) is 3.77. The highest BCUT2D eigenvalue weighted by Crippen LogP contribution is 2.63. The maximum atomic E-state index is 6.29. The Bertz CT molecular complexity index is 345. The molecular weight excluding hydrogens is 162 g/mol. The minimum absolute atomic E-state index is 0.0902. The minimum atomic E-state index is 0.0902. The van der Waals surface area contributed by atoms with Crippen molar-refractivity contribution in [1.29, 1.82) is 0 Å². The number of aryl methyl sites for hydroxylation is 1. The zero-order valence-corrected chi connectivity index (χ0v) is 7.93. The van der Waals surface area contributed by atoms with Crippen LogP contribution in [0.25, 0.3) is 0 Å². The molecule has 1 aromatic rings. The normalized spacial score (nSPS) is 27.2. The number of hydrogen-bond acceptors (Lipinski definition) is 2. The third kappa shape index (κ3) is 0.804. The first-order chi connectivity index (χ1) is 6.18. The molecule has 1 aromatic heterocycles. The van der Waals surface area contributed by atoms with Gasteiger partial charge in [-0.25, -0.2) is 4.98 Å². The minimum Gasteiger partial charge on any atom is -0.348 e. The Morgan fingerprint density at radius 1 is 1.38 bits per heavy atom. The van der Waals surface area contributed by atoms with Gasteiger partial charge in [0.05, 0.1) is 12.0 Å². The fourth-order valence-corrected chi connectivity index (χ4v) is 2.55. The van der Waals surface area contributed by atoms with Gasteiger partial charge in [0.2, 0.25) is 0 Å². The monoisotopic (exact) mass is 177 g/mol. The van der Waals surface area contributed by atoms with Crippen molar-refractivity contribution in [2.75, 3.05) is 0 Å². The van der Waals surface area contributed by atoms with Crippen LogP contribution >= 0.6 is 0 Å². The molecule has 0 radical (unpaired) electrons. The van der Waals surface area contributed by atoms with Crippen molar-refractivity contribution in [2.45, 2.75) is 43.6 Å². The molecule has 0 spiro atoms. The second kappa shape index (κ2) is 1.98. The van der Waals surface area contributed by atoms with Gasteiger partial charge in [0.25, 0.3) is 0 Å². The standard InChI is InChI=1S/C10H15N3/c1-7-8(13-6-12-7)9(2-3-9)10(11)4-5-10/h6H,2-5,11H2,1H3,(H,12,13). The highest BCUT2D eigenvalue weighted by atomic mass is 15.0. The number of aromatic nitrogens is 2. The summed E-state index contributed by atoms with van der Waals surface area (Å²) in [5.41, 5.74) is 9.06. The molecule has 2 saturated carbocycles. The predicted molar refractivity (Wildman–Crippen MR) is 50.4 cm³/mol.